The van der Waals surface area contributed by atoms with Crippen LogP contribution in [-0.2, 0) is 14.4 Å². The van der Waals surface area contributed by atoms with Crippen molar-refractivity contribution >= 4 is 75.3 Å². The van der Waals surface area contributed by atoms with Gasteiger partial charge in [-0.2, -0.15) is 0 Å². The molecular weight excluding hydrogens is 490 g/mol. The Morgan fingerprint density at radius 2 is 2.19 bits per heavy atom. The van der Waals surface area contributed by atoms with E-state index in [1.165, 1.54) is 0 Å². The van der Waals surface area contributed by atoms with Crippen molar-refractivity contribution in [3.05, 3.63) is 31.1 Å². The molecule has 10 N–H and O–H groups in total. The summed E-state index contributed by atoms with van der Waals surface area (Å²) >= 11 is 8.92. The number of nitrogens with zero attached hydrogens (tertiary/aromatic N) is 3. The number of anilines is 1. The van der Waals surface area contributed by atoms with Gasteiger partial charge in [-0.25, -0.2) is 9.78 Å². The molecule has 3 heterocycles. The number of hydrogen-bond acceptors (Lipinski definition) is 11. The number of carbonyl (C=O) groups is 3. The number of thioether (sulfide) groups is 1. The van der Waals surface area contributed by atoms with Gasteiger partial charge in [0.15, 0.2) is 15.9 Å². The number of oxime groups is 1. The number of carboxylic acid groups (broad SMARTS) is 1. The molecule has 1 aromatic rings. The number of nitrogens with one attached hydrogen (secondary N) is 1. The Labute approximate surface area is 192 Å². The van der Waals surface area contributed by atoms with Gasteiger partial charge in [0, 0.05) is 4.91 Å². The molecule has 0 spiro atoms. The Balaban J connectivity index is 1.79. The van der Waals surface area contributed by atoms with Crippen LogP contribution in [0.1, 0.15) is 18.5 Å². The molecule has 12 nitrogen and oxygen atoms in total. The lowest BCUT2D eigenvalue weighted by Gasteiger charge is -2.49. The molecule has 1 aromatic heterocycles. The van der Waals surface area contributed by atoms with Crippen molar-refractivity contribution in [1.29, 1.82) is 0 Å². The lowest BCUT2D eigenvalue weighted by Crippen LogP contribution is -2.72. The summed E-state index contributed by atoms with van der Waals surface area (Å²) in [7, 11) is 0. The molecule has 0 aliphatic carbocycles. The maximum absolute atomic E-state index is 12.7. The molecule has 166 valence electrons. The highest BCUT2D eigenvalue weighted by atomic mass is 35.5. The van der Waals surface area contributed by atoms with Gasteiger partial charge in [0.1, 0.15) is 21.8 Å². The standard InChI is InChI=1S/C15H16ClN7O5S3/c16-11-8(21-15(18)31-11)9(22-28)12(24)20-7-4-1-2-5(30-6(17)3-29-19)10(14(26)27)23(4)13(7)25/h3-4,7,28H,1-2,17,19H2,(H2,18,21)(H,20,24)(H,26,27)/p+1/b6-3+,22-9-. The van der Waals surface area contributed by atoms with E-state index in [9.17, 15) is 24.7 Å². The molecule has 3 rings (SSSR count). The third kappa shape index (κ3) is 4.51. The van der Waals surface area contributed by atoms with Crippen molar-refractivity contribution in [2.24, 2.45) is 10.3 Å². The van der Waals surface area contributed by atoms with Crippen molar-refractivity contribution < 1.29 is 30.4 Å². The minimum Gasteiger partial charge on any atom is -0.477 e. The Morgan fingerprint density at radius 3 is 2.74 bits per heavy atom. The average molecular weight is 507 g/mol. The fourth-order valence-electron chi connectivity index (χ4n) is 3.26. The number of quaternary nitrogens is 1. The largest absolute Gasteiger partial charge is 0.477 e. The Hall–Kier alpha value is -2.30. The van der Waals surface area contributed by atoms with Crippen LogP contribution in [0.5, 0.6) is 0 Å². The van der Waals surface area contributed by atoms with Gasteiger partial charge >= 0.3 is 5.97 Å². The van der Waals surface area contributed by atoms with Crippen LogP contribution in [0.3, 0.4) is 0 Å². The third-order valence-electron chi connectivity index (χ3n) is 4.48. The summed E-state index contributed by atoms with van der Waals surface area (Å²) in [5, 5.41) is 31.9. The van der Waals surface area contributed by atoms with E-state index in [-0.39, 0.29) is 20.9 Å². The van der Waals surface area contributed by atoms with Crippen LogP contribution >= 0.6 is 46.6 Å². The molecule has 0 aromatic carbocycles. The number of carbonyl (C=O) groups excluding carboxylic acids is 2. The van der Waals surface area contributed by atoms with E-state index in [4.69, 9.17) is 22.5 Å². The number of nitrogen functional groups attached to an aromatic ring is 1. The number of amides is 2. The molecule has 16 heteroatoms. The van der Waals surface area contributed by atoms with Crippen LogP contribution < -0.4 is 21.9 Å². The molecular formula is C15H17ClN7O5S3+. The first-order chi connectivity index (χ1) is 14.7. The lowest BCUT2D eigenvalue weighted by atomic mass is 9.86. The normalized spacial score (nSPS) is 21.6. The molecule has 2 atom stereocenters. The number of β-lactam (4-membered cyclic amide) rings is 1. The SMILES string of the molecule is NS/C=C(\[NH3+])SC1=C(C(=O)O)N2C(=O)C(NC(=O)/C(=N\O)c3nc(N)sc3Cl)C2CC1. The van der Waals surface area contributed by atoms with Gasteiger partial charge in [-0.05, 0) is 36.6 Å². The number of thiazole rings is 1. The predicted octanol–water partition coefficient (Wildman–Crippen LogP) is -0.276. The second-order valence-electron chi connectivity index (χ2n) is 6.29. The van der Waals surface area contributed by atoms with Crippen LogP contribution in [0, 0.1) is 0 Å². The molecule has 0 radical (unpaired) electrons. The first kappa shape index (κ1) is 23.4. The van der Waals surface area contributed by atoms with Gasteiger partial charge in [0.25, 0.3) is 11.8 Å². The molecule has 0 bridgehead atoms. The highest BCUT2D eigenvalue weighted by Crippen LogP contribution is 2.42. The Bertz CT molecular complexity index is 1040. The van der Waals surface area contributed by atoms with Gasteiger partial charge in [-0.3, -0.25) is 19.6 Å². The first-order valence-corrected chi connectivity index (χ1v) is 11.4. The van der Waals surface area contributed by atoms with Crippen molar-refractivity contribution in [2.45, 2.75) is 24.9 Å². The van der Waals surface area contributed by atoms with Gasteiger partial charge in [0.05, 0.1) is 11.4 Å². The molecule has 1 fully saturated rings. The van der Waals surface area contributed by atoms with E-state index in [1.807, 2.05) is 0 Å². The maximum atomic E-state index is 12.7. The molecule has 0 saturated carbocycles. The summed E-state index contributed by atoms with van der Waals surface area (Å²) in [6, 6.07) is -1.56. The lowest BCUT2D eigenvalue weighted by molar-refractivity contribution is -0.283. The van der Waals surface area contributed by atoms with Crippen LogP contribution in [0.15, 0.2) is 26.2 Å². The number of nitrogens with two attached hydrogens (primary N) is 2. The molecule has 2 aliphatic heterocycles. The molecule has 31 heavy (non-hydrogen) atoms. The van der Waals surface area contributed by atoms with Crippen LogP contribution in [0.4, 0.5) is 5.13 Å². The molecule has 2 aliphatic rings. The molecule has 2 amide bonds. The summed E-state index contributed by atoms with van der Waals surface area (Å²) in [6.07, 6.45) is 0.777. The summed E-state index contributed by atoms with van der Waals surface area (Å²) in [5.74, 6) is -2.75. The van der Waals surface area contributed by atoms with Gasteiger partial charge in [-0.1, -0.05) is 28.1 Å². The smallest absolute Gasteiger partial charge is 0.353 e. The minimum atomic E-state index is -1.26. The van der Waals surface area contributed by atoms with E-state index in [0.29, 0.717) is 22.8 Å². The van der Waals surface area contributed by atoms with Crippen LogP contribution in [0.25, 0.3) is 0 Å². The van der Waals surface area contributed by atoms with Gasteiger partial charge in [-0.15, -0.1) is 0 Å². The number of rotatable bonds is 7. The summed E-state index contributed by atoms with van der Waals surface area (Å²) in [4.78, 5) is 42.6. The minimum absolute atomic E-state index is 0.0464. The second-order valence-corrected chi connectivity index (χ2v) is 9.65. The topological polar surface area (TPSA) is 212 Å². The summed E-state index contributed by atoms with van der Waals surface area (Å²) in [6.45, 7) is 0. The Morgan fingerprint density at radius 1 is 1.48 bits per heavy atom. The fourth-order valence-corrected chi connectivity index (χ4v) is 5.52. The van der Waals surface area contributed by atoms with Gasteiger partial charge < -0.3 is 27.1 Å². The van der Waals surface area contributed by atoms with Crippen LogP contribution in [-0.4, -0.2) is 55.8 Å². The monoisotopic (exact) mass is 506 g/mol. The van der Waals surface area contributed by atoms with E-state index in [1.54, 1.807) is 5.41 Å². The van der Waals surface area contributed by atoms with Gasteiger partial charge in [0.2, 0.25) is 0 Å². The maximum Gasteiger partial charge on any atom is 0.353 e. The quantitative estimate of drug-likeness (QED) is 0.0935. The molecule has 2 unspecified atom stereocenters. The number of hydrogen-bond donors (Lipinski definition) is 6. The highest BCUT2D eigenvalue weighted by molar-refractivity contribution is 8.07. The number of allylic oxidation sites excluding steroid dienone is 1. The number of halogens is 1. The number of carboxylic acids is 1. The highest BCUT2D eigenvalue weighted by Gasteiger charge is 2.54. The zero-order valence-corrected chi connectivity index (χ0v) is 18.8. The van der Waals surface area contributed by atoms with Crippen molar-refractivity contribution in [3.63, 3.8) is 0 Å². The summed E-state index contributed by atoms with van der Waals surface area (Å²) in [5.41, 5.74) is 8.56. The van der Waals surface area contributed by atoms with Crippen molar-refractivity contribution in [3.8, 4) is 0 Å². The Kier molecular flexibility index (Phi) is 7.13. The van der Waals surface area contributed by atoms with E-state index in [2.05, 4.69) is 21.2 Å². The fraction of sp³-hybridized carbons (Fsp3) is 0.267. The predicted molar refractivity (Wildman–Crippen MR) is 117 cm³/mol. The zero-order valence-electron chi connectivity index (χ0n) is 15.6. The summed E-state index contributed by atoms with van der Waals surface area (Å²) < 4.78 is 0.0464. The van der Waals surface area contributed by atoms with Crippen molar-refractivity contribution in [1.82, 2.24) is 15.2 Å². The second kappa shape index (κ2) is 9.46. The average Bonchev–Trinajstić information content (AvgIpc) is 3.04. The van der Waals surface area contributed by atoms with Crippen LogP contribution in [0.2, 0.25) is 4.34 Å². The first-order valence-electron chi connectivity index (χ1n) is 8.49. The zero-order chi connectivity index (χ0) is 22.9. The number of aromatic nitrogens is 1. The van der Waals surface area contributed by atoms with Crippen molar-refractivity contribution in [2.75, 3.05) is 5.73 Å². The van der Waals surface area contributed by atoms with E-state index >= 15 is 0 Å². The molecule has 1 saturated heterocycles. The van der Waals surface area contributed by atoms with E-state index in [0.717, 1.165) is 39.9 Å². The number of fused-ring (bicyclic) bond motifs is 1. The number of aliphatic carboxylic acids is 1. The van der Waals surface area contributed by atoms with E-state index < -0.39 is 35.6 Å². The third-order valence-corrected chi connectivity index (χ3v) is 7.15.